The first-order valence-electron chi connectivity index (χ1n) is 9.66. The maximum Gasteiger partial charge on any atom is 0.191 e. The van der Waals surface area contributed by atoms with Crippen LogP contribution < -0.4 is 10.6 Å². The van der Waals surface area contributed by atoms with Crippen LogP contribution in [0.2, 0.25) is 0 Å². The van der Waals surface area contributed by atoms with Crippen LogP contribution in [0.4, 0.5) is 0 Å². The van der Waals surface area contributed by atoms with E-state index >= 15 is 0 Å². The van der Waals surface area contributed by atoms with Crippen molar-refractivity contribution in [3.05, 3.63) is 35.9 Å². The Morgan fingerprint density at radius 2 is 2.04 bits per heavy atom. The Morgan fingerprint density at radius 1 is 1.27 bits per heavy atom. The van der Waals surface area contributed by atoms with Crippen LogP contribution in [-0.4, -0.2) is 54.8 Å². The number of aliphatic hydroxyl groups excluding tert-OH is 1. The molecule has 1 saturated carbocycles. The van der Waals surface area contributed by atoms with Gasteiger partial charge in [-0.25, -0.2) is 0 Å². The Kier molecular flexibility index (Phi) is 8.63. The lowest BCUT2D eigenvalue weighted by Crippen LogP contribution is -2.45. The van der Waals surface area contributed by atoms with Gasteiger partial charge in [0.05, 0.1) is 13.2 Å². The van der Waals surface area contributed by atoms with Crippen LogP contribution in [0, 0.1) is 5.41 Å². The highest BCUT2D eigenvalue weighted by molar-refractivity contribution is 14.0. The molecule has 26 heavy (non-hydrogen) atoms. The third-order valence-corrected chi connectivity index (χ3v) is 5.44. The molecule has 0 aromatic heterocycles. The third-order valence-electron chi connectivity index (χ3n) is 5.44. The number of aliphatic imine (C=N–C) groups is 1. The number of hydrogen-bond acceptors (Lipinski definition) is 3. The second-order valence-electron chi connectivity index (χ2n) is 7.49. The van der Waals surface area contributed by atoms with Crippen molar-refractivity contribution in [3.63, 3.8) is 0 Å². The summed E-state index contributed by atoms with van der Waals surface area (Å²) < 4.78 is 0. The predicted octanol–water partition coefficient (Wildman–Crippen LogP) is 2.60. The van der Waals surface area contributed by atoms with Gasteiger partial charge in [0.25, 0.3) is 0 Å². The molecule has 2 fully saturated rings. The maximum atomic E-state index is 9.46. The Balaban J connectivity index is 0.00000243. The van der Waals surface area contributed by atoms with E-state index in [4.69, 9.17) is 4.99 Å². The first kappa shape index (κ1) is 21.4. The summed E-state index contributed by atoms with van der Waals surface area (Å²) in [5.41, 5.74) is 1.45. The molecule has 1 aromatic carbocycles. The molecule has 1 aromatic rings. The van der Waals surface area contributed by atoms with Gasteiger partial charge in [0, 0.05) is 31.1 Å². The van der Waals surface area contributed by atoms with E-state index in [1.165, 1.54) is 24.9 Å². The van der Waals surface area contributed by atoms with Crippen molar-refractivity contribution in [1.82, 2.24) is 15.5 Å². The molecular formula is C20H33IN4O. The summed E-state index contributed by atoms with van der Waals surface area (Å²) in [6, 6.07) is 11.3. The number of likely N-dealkylation sites (tertiary alicyclic amines) is 1. The summed E-state index contributed by atoms with van der Waals surface area (Å²) in [7, 11) is 0. The third kappa shape index (κ3) is 6.09. The van der Waals surface area contributed by atoms with Crippen LogP contribution in [0.15, 0.2) is 35.3 Å². The summed E-state index contributed by atoms with van der Waals surface area (Å²) in [5, 5.41) is 16.3. The van der Waals surface area contributed by atoms with Crippen molar-refractivity contribution in [3.8, 4) is 0 Å². The molecule has 0 radical (unpaired) electrons. The van der Waals surface area contributed by atoms with Gasteiger partial charge in [-0.3, -0.25) is 9.89 Å². The molecule has 3 rings (SSSR count). The number of aliphatic hydroxyl groups is 1. The maximum absolute atomic E-state index is 9.46. The Labute approximate surface area is 174 Å². The topological polar surface area (TPSA) is 59.9 Å². The van der Waals surface area contributed by atoms with E-state index in [1.54, 1.807) is 0 Å². The van der Waals surface area contributed by atoms with Gasteiger partial charge >= 0.3 is 0 Å². The molecule has 1 aliphatic carbocycles. The molecule has 0 amide bonds. The standard InChI is InChI=1S/C20H32N4O.HI/c1-2-21-19(23-15-20(16-25)10-11-20)22-13-18-9-6-12-24(18)14-17-7-4-3-5-8-17;/h3-5,7-8,18,25H,2,6,9-16H2,1H3,(H2,21,22,23);1H. The lowest BCUT2D eigenvalue weighted by Gasteiger charge is -2.25. The van der Waals surface area contributed by atoms with Crippen molar-refractivity contribution < 1.29 is 5.11 Å². The van der Waals surface area contributed by atoms with Gasteiger partial charge in [-0.1, -0.05) is 30.3 Å². The van der Waals surface area contributed by atoms with E-state index in [1.807, 2.05) is 0 Å². The van der Waals surface area contributed by atoms with Crippen LogP contribution in [0.25, 0.3) is 0 Å². The first-order valence-corrected chi connectivity index (χ1v) is 9.66. The lowest BCUT2D eigenvalue weighted by molar-refractivity contribution is 0.216. The highest BCUT2D eigenvalue weighted by atomic mass is 127. The lowest BCUT2D eigenvalue weighted by atomic mass is 10.1. The number of nitrogens with one attached hydrogen (secondary N) is 2. The summed E-state index contributed by atoms with van der Waals surface area (Å²) in [5.74, 6) is 0.883. The van der Waals surface area contributed by atoms with Gasteiger partial charge in [-0.2, -0.15) is 0 Å². The molecule has 1 unspecified atom stereocenters. The van der Waals surface area contributed by atoms with Gasteiger partial charge in [-0.15, -0.1) is 24.0 Å². The monoisotopic (exact) mass is 472 g/mol. The number of halogens is 1. The molecule has 1 atom stereocenters. The second kappa shape index (κ2) is 10.5. The summed E-state index contributed by atoms with van der Waals surface area (Å²) in [6.45, 7) is 7.03. The van der Waals surface area contributed by atoms with Gasteiger partial charge < -0.3 is 15.7 Å². The number of rotatable bonds is 8. The fourth-order valence-corrected chi connectivity index (χ4v) is 3.50. The molecule has 1 aliphatic heterocycles. The molecule has 0 bridgehead atoms. The van der Waals surface area contributed by atoms with Gasteiger partial charge in [0.2, 0.25) is 0 Å². The molecular weight excluding hydrogens is 439 g/mol. The number of nitrogens with zero attached hydrogens (tertiary/aromatic N) is 2. The average Bonchev–Trinajstić information content (AvgIpc) is 3.30. The zero-order valence-corrected chi connectivity index (χ0v) is 18.1. The van der Waals surface area contributed by atoms with Crippen LogP contribution in [0.5, 0.6) is 0 Å². The van der Waals surface area contributed by atoms with E-state index in [-0.39, 0.29) is 36.0 Å². The van der Waals surface area contributed by atoms with Gasteiger partial charge in [0.15, 0.2) is 5.96 Å². The second-order valence-corrected chi connectivity index (χ2v) is 7.49. The number of guanidine groups is 1. The van der Waals surface area contributed by atoms with Crippen LogP contribution >= 0.6 is 24.0 Å². The normalized spacial score (nSPS) is 21.9. The molecule has 3 N–H and O–H groups in total. The van der Waals surface area contributed by atoms with Crippen molar-refractivity contribution in [2.24, 2.45) is 10.4 Å². The van der Waals surface area contributed by atoms with Crippen molar-refractivity contribution >= 4 is 29.9 Å². The molecule has 0 spiro atoms. The Bertz CT molecular complexity index is 562. The predicted molar refractivity (Wildman–Crippen MR) is 118 cm³/mol. The summed E-state index contributed by atoms with van der Waals surface area (Å²) >= 11 is 0. The van der Waals surface area contributed by atoms with Gasteiger partial charge in [-0.05, 0) is 44.7 Å². The minimum absolute atomic E-state index is 0. The molecule has 6 heteroatoms. The highest BCUT2D eigenvalue weighted by Crippen LogP contribution is 2.45. The molecule has 5 nitrogen and oxygen atoms in total. The van der Waals surface area contributed by atoms with E-state index in [9.17, 15) is 5.11 Å². The first-order chi connectivity index (χ1) is 12.2. The molecule has 1 saturated heterocycles. The zero-order chi connectivity index (χ0) is 17.5. The highest BCUT2D eigenvalue weighted by Gasteiger charge is 2.41. The zero-order valence-electron chi connectivity index (χ0n) is 15.8. The van der Waals surface area contributed by atoms with Crippen LogP contribution in [0.3, 0.4) is 0 Å². The average molecular weight is 472 g/mol. The number of hydrogen-bond donors (Lipinski definition) is 3. The van der Waals surface area contributed by atoms with E-state index in [2.05, 4.69) is 52.8 Å². The Hall–Kier alpha value is -0.860. The van der Waals surface area contributed by atoms with Crippen molar-refractivity contribution in [1.29, 1.82) is 0 Å². The summed E-state index contributed by atoms with van der Waals surface area (Å²) in [6.07, 6.45) is 4.69. The SMILES string of the molecule is CCNC(=NCC1(CO)CC1)NCC1CCCN1Cc1ccccc1.I. The van der Waals surface area contributed by atoms with Crippen LogP contribution in [-0.2, 0) is 6.54 Å². The van der Waals surface area contributed by atoms with Crippen molar-refractivity contribution in [2.45, 2.75) is 45.2 Å². The quantitative estimate of drug-likeness (QED) is 0.309. The summed E-state index contributed by atoms with van der Waals surface area (Å²) in [4.78, 5) is 7.28. The van der Waals surface area contributed by atoms with Crippen LogP contribution in [0.1, 0.15) is 38.2 Å². The minimum Gasteiger partial charge on any atom is -0.396 e. The molecule has 2 aliphatic rings. The minimum atomic E-state index is 0. The fraction of sp³-hybridized carbons (Fsp3) is 0.650. The van der Waals surface area contributed by atoms with Gasteiger partial charge in [0.1, 0.15) is 0 Å². The fourth-order valence-electron chi connectivity index (χ4n) is 3.50. The smallest absolute Gasteiger partial charge is 0.191 e. The van der Waals surface area contributed by atoms with E-state index < -0.39 is 0 Å². The van der Waals surface area contributed by atoms with E-state index in [0.29, 0.717) is 6.04 Å². The number of benzene rings is 1. The van der Waals surface area contributed by atoms with E-state index in [0.717, 1.165) is 45.0 Å². The largest absolute Gasteiger partial charge is 0.396 e. The molecule has 1 heterocycles. The molecule has 146 valence electrons. The Morgan fingerprint density at radius 3 is 2.69 bits per heavy atom. The van der Waals surface area contributed by atoms with Crippen molar-refractivity contribution in [2.75, 3.05) is 32.8 Å².